The van der Waals surface area contributed by atoms with Gasteiger partial charge in [-0.2, -0.15) is 0 Å². The van der Waals surface area contributed by atoms with Crippen molar-refractivity contribution in [2.75, 3.05) is 20.3 Å². The Bertz CT molecular complexity index is 985. The van der Waals surface area contributed by atoms with Gasteiger partial charge in [0.15, 0.2) is 6.04 Å². The largest absolute Gasteiger partial charge is 0.467 e. The van der Waals surface area contributed by atoms with Crippen molar-refractivity contribution in [2.45, 2.75) is 18.5 Å². The van der Waals surface area contributed by atoms with Gasteiger partial charge in [0.05, 0.1) is 31.5 Å². The number of carbonyl (C=O) groups excluding carboxylic acids is 4. The normalized spacial score (nSPS) is 14.5. The Hall–Kier alpha value is -3.78. The first-order valence-corrected chi connectivity index (χ1v) is 10.1. The van der Waals surface area contributed by atoms with Crippen LogP contribution in [0.4, 0.5) is 0 Å². The average Bonchev–Trinajstić information content (AvgIpc) is 3.07. The summed E-state index contributed by atoms with van der Waals surface area (Å²) < 4.78 is 10.1. The van der Waals surface area contributed by atoms with Crippen LogP contribution in [0.2, 0.25) is 0 Å². The number of benzene rings is 2. The Morgan fingerprint density at radius 1 is 1.03 bits per heavy atom. The lowest BCUT2D eigenvalue weighted by Crippen LogP contribution is -2.55. The molecule has 8 nitrogen and oxygen atoms in total. The maximum absolute atomic E-state index is 13.3. The SMILES string of the molecule is C=CCOC[C@H](NC(=O)C(Cc1ccccc1)N1C(=O)c2ccccc2C1=O)C(=O)OC. The number of amides is 3. The zero-order chi connectivity index (χ0) is 23.1. The molecule has 166 valence electrons. The van der Waals surface area contributed by atoms with Crippen LogP contribution in [0.5, 0.6) is 0 Å². The van der Waals surface area contributed by atoms with Gasteiger partial charge in [-0.1, -0.05) is 48.5 Å². The van der Waals surface area contributed by atoms with E-state index >= 15 is 0 Å². The molecule has 1 N–H and O–H groups in total. The number of fused-ring (bicyclic) bond motifs is 1. The smallest absolute Gasteiger partial charge is 0.330 e. The molecule has 1 aliphatic rings. The summed E-state index contributed by atoms with van der Waals surface area (Å²) in [5, 5.41) is 2.57. The Kier molecular flexibility index (Phi) is 7.51. The second-order valence-electron chi connectivity index (χ2n) is 7.14. The quantitative estimate of drug-likeness (QED) is 0.264. The Morgan fingerprint density at radius 2 is 1.62 bits per heavy atom. The second kappa shape index (κ2) is 10.5. The highest BCUT2D eigenvalue weighted by atomic mass is 16.5. The molecule has 0 saturated heterocycles. The van der Waals surface area contributed by atoms with Crippen molar-refractivity contribution in [2.24, 2.45) is 0 Å². The molecule has 2 atom stereocenters. The first-order valence-electron chi connectivity index (χ1n) is 10.1. The van der Waals surface area contributed by atoms with Gasteiger partial charge in [-0.25, -0.2) is 4.79 Å². The van der Waals surface area contributed by atoms with Gasteiger partial charge in [0.2, 0.25) is 5.91 Å². The average molecular weight is 436 g/mol. The second-order valence-corrected chi connectivity index (χ2v) is 7.14. The van der Waals surface area contributed by atoms with E-state index in [2.05, 4.69) is 11.9 Å². The fourth-order valence-corrected chi connectivity index (χ4v) is 3.48. The zero-order valence-corrected chi connectivity index (χ0v) is 17.7. The number of hydrogen-bond donors (Lipinski definition) is 1. The highest BCUT2D eigenvalue weighted by Gasteiger charge is 2.43. The van der Waals surface area contributed by atoms with Crippen molar-refractivity contribution in [1.29, 1.82) is 0 Å². The Balaban J connectivity index is 1.90. The fourth-order valence-electron chi connectivity index (χ4n) is 3.48. The standard InChI is InChI=1S/C24H24N2O6/c1-3-13-32-15-19(24(30)31-2)25-21(27)20(14-16-9-5-4-6-10-16)26-22(28)17-11-7-8-12-18(17)23(26)29/h3-12,19-20H,1,13-15H2,2H3,(H,25,27)/t19-,20?/m0/s1. The molecule has 0 bridgehead atoms. The number of ether oxygens (including phenoxy) is 2. The molecular weight excluding hydrogens is 412 g/mol. The lowest BCUT2D eigenvalue weighted by atomic mass is 10.0. The molecule has 0 aliphatic carbocycles. The molecule has 3 rings (SSSR count). The molecule has 1 unspecified atom stereocenters. The van der Waals surface area contributed by atoms with Gasteiger partial charge < -0.3 is 14.8 Å². The maximum Gasteiger partial charge on any atom is 0.330 e. The van der Waals surface area contributed by atoms with Crippen LogP contribution in [-0.4, -0.2) is 61.0 Å². The van der Waals surface area contributed by atoms with Crippen LogP contribution in [-0.2, 0) is 25.5 Å². The number of hydrogen-bond acceptors (Lipinski definition) is 6. The summed E-state index contributed by atoms with van der Waals surface area (Å²) in [4.78, 5) is 52.5. The third-order valence-electron chi connectivity index (χ3n) is 5.03. The third kappa shape index (κ3) is 4.92. The predicted molar refractivity (Wildman–Crippen MR) is 116 cm³/mol. The molecule has 8 heteroatoms. The van der Waals surface area contributed by atoms with Gasteiger partial charge in [-0.05, 0) is 17.7 Å². The number of methoxy groups -OCH3 is 1. The molecule has 2 aromatic carbocycles. The number of carbonyl (C=O) groups is 4. The maximum atomic E-state index is 13.3. The molecule has 2 aromatic rings. The summed E-state index contributed by atoms with van der Waals surface area (Å²) in [5.74, 6) is -2.48. The molecule has 1 heterocycles. The van der Waals surface area contributed by atoms with Gasteiger partial charge >= 0.3 is 5.97 Å². The minimum Gasteiger partial charge on any atom is -0.467 e. The fraction of sp³-hybridized carbons (Fsp3) is 0.250. The number of rotatable bonds is 10. The van der Waals surface area contributed by atoms with Gasteiger partial charge in [0.25, 0.3) is 11.8 Å². The zero-order valence-electron chi connectivity index (χ0n) is 17.7. The highest BCUT2D eigenvalue weighted by Crippen LogP contribution is 2.26. The number of nitrogens with zero attached hydrogens (tertiary/aromatic N) is 1. The van der Waals surface area contributed by atoms with Crippen LogP contribution < -0.4 is 5.32 Å². The molecule has 32 heavy (non-hydrogen) atoms. The third-order valence-corrected chi connectivity index (χ3v) is 5.03. The highest BCUT2D eigenvalue weighted by molar-refractivity contribution is 6.22. The van der Waals surface area contributed by atoms with Crippen molar-refractivity contribution < 1.29 is 28.7 Å². The van der Waals surface area contributed by atoms with Crippen LogP contribution in [0.1, 0.15) is 26.3 Å². The topological polar surface area (TPSA) is 102 Å². The van der Waals surface area contributed by atoms with Crippen LogP contribution in [0.25, 0.3) is 0 Å². The molecule has 1 aliphatic heterocycles. The van der Waals surface area contributed by atoms with Crippen molar-refractivity contribution in [3.05, 3.63) is 83.9 Å². The van der Waals surface area contributed by atoms with Gasteiger partial charge in [-0.15, -0.1) is 6.58 Å². The first-order chi connectivity index (χ1) is 15.5. The van der Waals surface area contributed by atoms with E-state index in [1.54, 1.807) is 48.5 Å². The molecule has 0 fully saturated rings. The van der Waals surface area contributed by atoms with E-state index in [9.17, 15) is 19.2 Å². The first kappa shape index (κ1) is 22.9. The van der Waals surface area contributed by atoms with E-state index in [0.29, 0.717) is 0 Å². The summed E-state index contributed by atoms with van der Waals surface area (Å²) in [6.45, 7) is 3.56. The molecule has 0 spiro atoms. The number of nitrogens with one attached hydrogen (secondary N) is 1. The van der Waals surface area contributed by atoms with Crippen molar-refractivity contribution in [3.63, 3.8) is 0 Å². The van der Waals surface area contributed by atoms with Crippen molar-refractivity contribution in [1.82, 2.24) is 10.2 Å². The van der Waals surface area contributed by atoms with Crippen molar-refractivity contribution >= 4 is 23.7 Å². The summed E-state index contributed by atoms with van der Waals surface area (Å²) in [7, 11) is 1.20. The molecule has 0 aromatic heterocycles. The van der Waals surface area contributed by atoms with Gasteiger partial charge in [0, 0.05) is 6.42 Å². The van der Waals surface area contributed by atoms with Crippen LogP contribution in [0.15, 0.2) is 67.3 Å². The minimum atomic E-state index is -1.17. The van der Waals surface area contributed by atoms with E-state index < -0.39 is 35.8 Å². The molecule has 3 amide bonds. The van der Waals surface area contributed by atoms with E-state index in [1.807, 2.05) is 6.07 Å². The Labute approximate surface area is 185 Å². The molecular formula is C24H24N2O6. The van der Waals surface area contributed by atoms with E-state index in [-0.39, 0.29) is 30.8 Å². The predicted octanol–water partition coefficient (Wildman–Crippen LogP) is 1.75. The molecule has 0 radical (unpaired) electrons. The van der Waals surface area contributed by atoms with Gasteiger partial charge in [0.1, 0.15) is 6.04 Å². The summed E-state index contributed by atoms with van der Waals surface area (Å²) in [6, 6.07) is 13.1. The van der Waals surface area contributed by atoms with Crippen LogP contribution >= 0.6 is 0 Å². The molecule has 0 saturated carbocycles. The summed E-state index contributed by atoms with van der Waals surface area (Å²) in [6.07, 6.45) is 1.59. The lowest BCUT2D eigenvalue weighted by Gasteiger charge is -2.27. The van der Waals surface area contributed by atoms with Crippen molar-refractivity contribution in [3.8, 4) is 0 Å². The van der Waals surface area contributed by atoms with E-state index in [0.717, 1.165) is 10.5 Å². The monoisotopic (exact) mass is 436 g/mol. The number of imide groups is 1. The number of esters is 1. The van der Waals surface area contributed by atoms with E-state index in [1.165, 1.54) is 13.2 Å². The van der Waals surface area contributed by atoms with E-state index in [4.69, 9.17) is 9.47 Å². The summed E-state index contributed by atoms with van der Waals surface area (Å²) in [5.41, 5.74) is 1.23. The van der Waals surface area contributed by atoms with Gasteiger partial charge in [-0.3, -0.25) is 19.3 Å². The summed E-state index contributed by atoms with van der Waals surface area (Å²) >= 11 is 0. The van der Waals surface area contributed by atoms with Crippen LogP contribution in [0, 0.1) is 0 Å². The van der Waals surface area contributed by atoms with Crippen LogP contribution in [0.3, 0.4) is 0 Å². The lowest BCUT2D eigenvalue weighted by molar-refractivity contribution is -0.147. The Morgan fingerprint density at radius 3 is 2.19 bits per heavy atom. The minimum absolute atomic E-state index is 0.0829.